The fourth-order valence-electron chi connectivity index (χ4n) is 2.61. The van der Waals surface area contributed by atoms with Crippen molar-refractivity contribution in [1.82, 2.24) is 15.2 Å². The van der Waals surface area contributed by atoms with Crippen LogP contribution in [0.3, 0.4) is 0 Å². The third-order valence-corrected chi connectivity index (χ3v) is 4.95. The van der Waals surface area contributed by atoms with Crippen LogP contribution in [0.2, 0.25) is 0 Å². The topological polar surface area (TPSA) is 62.3 Å². The van der Waals surface area contributed by atoms with Crippen LogP contribution in [0.1, 0.15) is 37.4 Å². The first-order chi connectivity index (χ1) is 9.39. The Labute approximate surface area is 122 Å². The first kappa shape index (κ1) is 13.5. The molecule has 2 fully saturated rings. The summed E-state index contributed by atoms with van der Waals surface area (Å²) in [7, 11) is 0. The third-order valence-electron chi connectivity index (χ3n) is 4.13. The Hall–Kier alpha value is -1.43. The number of rotatable bonds is 3. The summed E-state index contributed by atoms with van der Waals surface area (Å²) in [5.74, 6) is 0.283. The summed E-state index contributed by atoms with van der Waals surface area (Å²) in [5.41, 5.74) is 0.0400. The lowest BCUT2D eigenvalue weighted by molar-refractivity contribution is -0.156. The molecule has 0 spiro atoms. The number of amides is 2. The standard InChI is InChI=1S/C14H19N3O2S/c1-8-15-10(7-20-8)6-17-12(18)11(9-4-5-9)16-13(19)14(17,2)3/h7,9,11H,4-6H2,1-3H3,(H,16,19). The lowest BCUT2D eigenvalue weighted by atomic mass is 9.94. The predicted molar refractivity (Wildman–Crippen MR) is 76.1 cm³/mol. The number of hydrogen-bond acceptors (Lipinski definition) is 4. The molecule has 2 heterocycles. The van der Waals surface area contributed by atoms with Gasteiger partial charge in [0.2, 0.25) is 11.8 Å². The van der Waals surface area contributed by atoms with Gasteiger partial charge in [-0.1, -0.05) is 0 Å². The maximum absolute atomic E-state index is 12.7. The highest BCUT2D eigenvalue weighted by atomic mass is 32.1. The number of piperazine rings is 1. The van der Waals surface area contributed by atoms with Crippen LogP contribution in [0, 0.1) is 12.8 Å². The minimum atomic E-state index is -0.819. The SMILES string of the molecule is Cc1nc(CN2C(=O)C(C3CC3)NC(=O)C2(C)C)cs1. The van der Waals surface area contributed by atoms with Gasteiger partial charge in [0, 0.05) is 5.38 Å². The molecule has 0 radical (unpaired) electrons. The monoisotopic (exact) mass is 293 g/mol. The second-order valence-electron chi connectivity index (χ2n) is 6.13. The van der Waals surface area contributed by atoms with Crippen molar-refractivity contribution in [3.05, 3.63) is 16.1 Å². The first-order valence-electron chi connectivity index (χ1n) is 6.93. The summed E-state index contributed by atoms with van der Waals surface area (Å²) in [6, 6.07) is -0.338. The van der Waals surface area contributed by atoms with Gasteiger partial charge in [-0.05, 0) is 39.5 Å². The normalized spacial score (nSPS) is 25.8. The maximum atomic E-state index is 12.7. The van der Waals surface area contributed by atoms with Gasteiger partial charge in [-0.15, -0.1) is 11.3 Å². The lowest BCUT2D eigenvalue weighted by Crippen LogP contribution is -2.68. The predicted octanol–water partition coefficient (Wildman–Crippen LogP) is 1.47. The van der Waals surface area contributed by atoms with Gasteiger partial charge in [0.15, 0.2) is 0 Å². The van der Waals surface area contributed by atoms with Gasteiger partial charge >= 0.3 is 0 Å². The van der Waals surface area contributed by atoms with E-state index in [1.165, 1.54) is 0 Å². The molecular formula is C14H19N3O2S. The summed E-state index contributed by atoms with van der Waals surface area (Å²) < 4.78 is 0. The molecule has 1 saturated heterocycles. The molecule has 1 aliphatic carbocycles. The van der Waals surface area contributed by atoms with Gasteiger partial charge in [0.25, 0.3) is 0 Å². The van der Waals surface area contributed by atoms with Crippen LogP contribution < -0.4 is 5.32 Å². The highest BCUT2D eigenvalue weighted by Gasteiger charge is 2.50. The molecule has 1 atom stereocenters. The molecule has 20 heavy (non-hydrogen) atoms. The molecule has 0 aromatic carbocycles. The van der Waals surface area contributed by atoms with Crippen molar-refractivity contribution in [2.24, 2.45) is 5.92 Å². The van der Waals surface area contributed by atoms with E-state index in [-0.39, 0.29) is 17.9 Å². The van der Waals surface area contributed by atoms with Crippen LogP contribution >= 0.6 is 11.3 Å². The van der Waals surface area contributed by atoms with Gasteiger partial charge < -0.3 is 10.2 Å². The van der Waals surface area contributed by atoms with Crippen molar-refractivity contribution >= 4 is 23.2 Å². The number of aromatic nitrogens is 1. The van der Waals surface area contributed by atoms with Crippen molar-refractivity contribution in [3.63, 3.8) is 0 Å². The number of carbonyl (C=O) groups is 2. The van der Waals surface area contributed by atoms with E-state index in [2.05, 4.69) is 10.3 Å². The van der Waals surface area contributed by atoms with E-state index in [9.17, 15) is 9.59 Å². The van der Waals surface area contributed by atoms with E-state index in [0.29, 0.717) is 12.5 Å². The average Bonchev–Trinajstić information content (AvgIpc) is 3.13. The number of nitrogens with zero attached hydrogens (tertiary/aromatic N) is 2. The van der Waals surface area contributed by atoms with Crippen LogP contribution in [-0.4, -0.2) is 33.3 Å². The Bertz CT molecular complexity index is 563. The zero-order chi connectivity index (χ0) is 14.5. The molecule has 0 bridgehead atoms. The number of hydrogen-bond donors (Lipinski definition) is 1. The molecular weight excluding hydrogens is 274 g/mol. The summed E-state index contributed by atoms with van der Waals surface area (Å²) in [4.78, 5) is 31.0. The molecule has 6 heteroatoms. The van der Waals surface area contributed by atoms with Gasteiger partial charge in [-0.3, -0.25) is 9.59 Å². The van der Waals surface area contributed by atoms with Crippen LogP contribution in [-0.2, 0) is 16.1 Å². The Morgan fingerprint density at radius 1 is 1.45 bits per heavy atom. The molecule has 108 valence electrons. The van der Waals surface area contributed by atoms with Crippen LogP contribution in [0.5, 0.6) is 0 Å². The molecule has 2 aliphatic rings. The Kier molecular flexibility index (Phi) is 3.08. The number of carbonyl (C=O) groups excluding carboxylic acids is 2. The van der Waals surface area contributed by atoms with E-state index >= 15 is 0 Å². The second kappa shape index (κ2) is 4.55. The molecule has 1 aromatic heterocycles. The zero-order valence-corrected chi connectivity index (χ0v) is 12.8. The second-order valence-corrected chi connectivity index (χ2v) is 7.19. The first-order valence-corrected chi connectivity index (χ1v) is 7.81. The molecule has 1 aliphatic heterocycles. The van der Waals surface area contributed by atoms with Crippen molar-refractivity contribution < 1.29 is 9.59 Å². The van der Waals surface area contributed by atoms with E-state index in [1.807, 2.05) is 12.3 Å². The number of thiazole rings is 1. The average molecular weight is 293 g/mol. The van der Waals surface area contributed by atoms with Gasteiger partial charge in [0.05, 0.1) is 17.2 Å². The highest BCUT2D eigenvalue weighted by Crippen LogP contribution is 2.37. The molecule has 1 N–H and O–H groups in total. The summed E-state index contributed by atoms with van der Waals surface area (Å²) in [6.45, 7) is 5.94. The van der Waals surface area contributed by atoms with Crippen molar-refractivity contribution in [3.8, 4) is 0 Å². The van der Waals surface area contributed by atoms with E-state index in [0.717, 1.165) is 23.5 Å². The lowest BCUT2D eigenvalue weighted by Gasteiger charge is -2.44. The Morgan fingerprint density at radius 3 is 2.70 bits per heavy atom. The largest absolute Gasteiger partial charge is 0.342 e. The zero-order valence-electron chi connectivity index (χ0n) is 12.0. The van der Waals surface area contributed by atoms with Crippen molar-refractivity contribution in [2.75, 3.05) is 0 Å². The highest BCUT2D eigenvalue weighted by molar-refractivity contribution is 7.09. The smallest absolute Gasteiger partial charge is 0.246 e. The fourth-order valence-corrected chi connectivity index (χ4v) is 3.22. The van der Waals surface area contributed by atoms with Gasteiger partial charge in [-0.25, -0.2) is 4.98 Å². The van der Waals surface area contributed by atoms with Crippen molar-refractivity contribution in [1.29, 1.82) is 0 Å². The summed E-state index contributed by atoms with van der Waals surface area (Å²) in [5, 5.41) is 5.82. The van der Waals surface area contributed by atoms with E-state index in [4.69, 9.17) is 0 Å². The Morgan fingerprint density at radius 2 is 2.15 bits per heavy atom. The molecule has 1 aromatic rings. The Balaban J connectivity index is 1.87. The van der Waals surface area contributed by atoms with Crippen LogP contribution in [0.4, 0.5) is 0 Å². The number of aryl methyl sites for hydroxylation is 1. The van der Waals surface area contributed by atoms with Crippen LogP contribution in [0.25, 0.3) is 0 Å². The van der Waals surface area contributed by atoms with E-state index in [1.54, 1.807) is 30.1 Å². The molecule has 2 amide bonds. The molecule has 3 rings (SSSR count). The minimum absolute atomic E-state index is 0.0303. The third kappa shape index (κ3) is 2.22. The quantitative estimate of drug-likeness (QED) is 0.918. The van der Waals surface area contributed by atoms with Gasteiger partial charge in [-0.2, -0.15) is 0 Å². The molecule has 5 nitrogen and oxygen atoms in total. The summed E-state index contributed by atoms with van der Waals surface area (Å²) >= 11 is 1.56. The van der Waals surface area contributed by atoms with Crippen molar-refractivity contribution in [2.45, 2.75) is 51.7 Å². The fraction of sp³-hybridized carbons (Fsp3) is 0.643. The van der Waals surface area contributed by atoms with Gasteiger partial charge in [0.1, 0.15) is 11.6 Å². The minimum Gasteiger partial charge on any atom is -0.342 e. The molecule has 1 saturated carbocycles. The maximum Gasteiger partial charge on any atom is 0.246 e. The van der Waals surface area contributed by atoms with Crippen LogP contribution in [0.15, 0.2) is 5.38 Å². The van der Waals surface area contributed by atoms with E-state index < -0.39 is 5.54 Å². The number of nitrogens with one attached hydrogen (secondary N) is 1. The molecule has 1 unspecified atom stereocenters. The summed E-state index contributed by atoms with van der Waals surface area (Å²) in [6.07, 6.45) is 2.06.